The summed E-state index contributed by atoms with van der Waals surface area (Å²) in [6, 6.07) is 7.81. The molecule has 2 aromatic heterocycles. The summed E-state index contributed by atoms with van der Waals surface area (Å²) in [4.78, 5) is 5.79. The Hall–Kier alpha value is -1.10. The second-order valence-electron chi connectivity index (χ2n) is 3.77. The number of rotatable bonds is 1. The highest BCUT2D eigenvalue weighted by molar-refractivity contribution is 7.22. The lowest BCUT2D eigenvalue weighted by atomic mass is 10.3. The fourth-order valence-corrected chi connectivity index (χ4v) is 3.84. The van der Waals surface area contributed by atoms with Crippen LogP contribution in [0, 0.1) is 6.92 Å². The predicted molar refractivity (Wildman–Crippen MR) is 77.1 cm³/mol. The summed E-state index contributed by atoms with van der Waals surface area (Å²) in [5, 5.41) is 2.53. The maximum Gasteiger partial charge on any atom is 0.127 e. The molecule has 0 spiro atoms. The molecule has 0 atom stereocenters. The van der Waals surface area contributed by atoms with Crippen LogP contribution in [0.25, 0.3) is 20.8 Å². The highest BCUT2D eigenvalue weighted by Gasteiger charge is 2.11. The lowest BCUT2D eigenvalue weighted by molar-refractivity contribution is 1.48. The van der Waals surface area contributed by atoms with E-state index in [4.69, 9.17) is 17.3 Å². The Morgan fingerprint density at radius 2 is 2.06 bits per heavy atom. The predicted octanol–water partition coefficient (Wildman–Crippen LogP) is 4.57. The van der Waals surface area contributed by atoms with Gasteiger partial charge in [-0.1, -0.05) is 11.6 Å². The number of aryl methyl sites for hydroxylation is 1. The van der Waals surface area contributed by atoms with E-state index in [1.807, 2.05) is 18.2 Å². The minimum absolute atomic E-state index is 0.738. The van der Waals surface area contributed by atoms with Gasteiger partial charge >= 0.3 is 0 Å². The standard InChI is InChI=1S/C12H9ClN2S2/c1-6-4-8(11(14)16-6)12-15-9-3-2-7(13)5-10(9)17-12/h2-5H,14H2,1H3. The number of thiazole rings is 1. The Morgan fingerprint density at radius 1 is 1.24 bits per heavy atom. The number of benzene rings is 1. The third-order valence-electron chi connectivity index (χ3n) is 2.46. The lowest BCUT2D eigenvalue weighted by Gasteiger charge is -1.90. The van der Waals surface area contributed by atoms with Crippen LogP contribution in [-0.2, 0) is 0 Å². The van der Waals surface area contributed by atoms with Crippen molar-refractivity contribution in [3.63, 3.8) is 0 Å². The third-order valence-corrected chi connectivity index (χ3v) is 4.63. The number of thiophene rings is 1. The van der Waals surface area contributed by atoms with Crippen LogP contribution >= 0.6 is 34.3 Å². The summed E-state index contributed by atoms with van der Waals surface area (Å²) in [6.07, 6.45) is 0. The fraction of sp³-hybridized carbons (Fsp3) is 0.0833. The number of halogens is 1. The minimum atomic E-state index is 0.738. The van der Waals surface area contributed by atoms with Gasteiger partial charge in [-0.25, -0.2) is 4.98 Å². The summed E-state index contributed by atoms with van der Waals surface area (Å²) >= 11 is 9.18. The van der Waals surface area contributed by atoms with Gasteiger partial charge in [-0.15, -0.1) is 22.7 Å². The van der Waals surface area contributed by atoms with Crippen LogP contribution in [0.2, 0.25) is 5.02 Å². The molecule has 3 aromatic rings. The molecule has 3 rings (SSSR count). The zero-order valence-corrected chi connectivity index (χ0v) is 11.4. The fourth-order valence-electron chi connectivity index (χ4n) is 1.71. The van der Waals surface area contributed by atoms with Gasteiger partial charge in [0.2, 0.25) is 0 Å². The molecule has 2 heterocycles. The highest BCUT2D eigenvalue weighted by Crippen LogP contribution is 2.38. The van der Waals surface area contributed by atoms with Crippen molar-refractivity contribution in [3.05, 3.63) is 34.2 Å². The summed E-state index contributed by atoms with van der Waals surface area (Å²) in [5.41, 5.74) is 7.99. The lowest BCUT2D eigenvalue weighted by Crippen LogP contribution is -1.81. The number of aromatic nitrogens is 1. The number of hydrogen-bond acceptors (Lipinski definition) is 4. The Morgan fingerprint density at radius 3 is 2.76 bits per heavy atom. The molecule has 0 aliphatic rings. The maximum absolute atomic E-state index is 5.98. The third kappa shape index (κ3) is 1.92. The zero-order valence-electron chi connectivity index (χ0n) is 9.03. The molecule has 0 aliphatic carbocycles. The molecule has 1 aromatic carbocycles. The Labute approximate surface area is 112 Å². The van der Waals surface area contributed by atoms with Crippen LogP contribution in [0.15, 0.2) is 24.3 Å². The van der Waals surface area contributed by atoms with Crippen LogP contribution < -0.4 is 5.73 Å². The molecule has 5 heteroatoms. The van der Waals surface area contributed by atoms with E-state index in [2.05, 4.69) is 18.0 Å². The van der Waals surface area contributed by atoms with Crippen molar-refractivity contribution in [2.45, 2.75) is 6.92 Å². The van der Waals surface area contributed by atoms with E-state index < -0.39 is 0 Å². The van der Waals surface area contributed by atoms with Crippen molar-refractivity contribution in [2.75, 3.05) is 5.73 Å². The second kappa shape index (κ2) is 3.98. The molecule has 0 radical (unpaired) electrons. The molecule has 0 aliphatic heterocycles. The van der Waals surface area contributed by atoms with Crippen molar-refractivity contribution >= 4 is 49.5 Å². The first kappa shape index (κ1) is 11.0. The summed E-state index contributed by atoms with van der Waals surface area (Å²) in [5.74, 6) is 0. The average Bonchev–Trinajstić information content (AvgIpc) is 2.80. The van der Waals surface area contributed by atoms with E-state index in [1.54, 1.807) is 22.7 Å². The van der Waals surface area contributed by atoms with Crippen LogP contribution in [0.1, 0.15) is 4.88 Å². The number of nitrogens with zero attached hydrogens (tertiary/aromatic N) is 1. The molecular formula is C12H9ClN2S2. The summed E-state index contributed by atoms with van der Waals surface area (Å²) in [7, 11) is 0. The number of nitrogens with two attached hydrogens (primary N) is 1. The van der Waals surface area contributed by atoms with Gasteiger partial charge < -0.3 is 5.73 Å². The molecule has 2 nitrogen and oxygen atoms in total. The Balaban J connectivity index is 2.21. The van der Waals surface area contributed by atoms with Gasteiger partial charge in [-0.2, -0.15) is 0 Å². The number of fused-ring (bicyclic) bond motifs is 1. The van der Waals surface area contributed by atoms with Gasteiger partial charge in [0.25, 0.3) is 0 Å². The first-order chi connectivity index (χ1) is 8.13. The molecule has 2 N–H and O–H groups in total. The largest absolute Gasteiger partial charge is 0.390 e. The molecule has 17 heavy (non-hydrogen) atoms. The van der Waals surface area contributed by atoms with Crippen molar-refractivity contribution in [1.82, 2.24) is 4.98 Å². The molecule has 86 valence electrons. The minimum Gasteiger partial charge on any atom is -0.390 e. The normalized spacial score (nSPS) is 11.2. The monoisotopic (exact) mass is 280 g/mol. The van der Waals surface area contributed by atoms with E-state index in [0.717, 1.165) is 30.8 Å². The Kier molecular flexibility index (Phi) is 2.58. The highest BCUT2D eigenvalue weighted by atomic mass is 35.5. The van der Waals surface area contributed by atoms with Crippen LogP contribution in [0.5, 0.6) is 0 Å². The van der Waals surface area contributed by atoms with Gasteiger partial charge in [-0.05, 0) is 31.2 Å². The molecule has 0 bridgehead atoms. The second-order valence-corrected chi connectivity index (χ2v) is 6.52. The molecule has 0 unspecified atom stereocenters. The van der Waals surface area contributed by atoms with Crippen molar-refractivity contribution < 1.29 is 0 Å². The van der Waals surface area contributed by atoms with Crippen LogP contribution in [-0.4, -0.2) is 4.98 Å². The van der Waals surface area contributed by atoms with Gasteiger partial charge in [0.15, 0.2) is 0 Å². The first-order valence-corrected chi connectivity index (χ1v) is 7.07. The van der Waals surface area contributed by atoms with Crippen LogP contribution in [0.3, 0.4) is 0 Å². The van der Waals surface area contributed by atoms with Gasteiger partial charge in [0, 0.05) is 15.5 Å². The zero-order chi connectivity index (χ0) is 12.0. The number of hydrogen-bond donors (Lipinski definition) is 1. The van der Waals surface area contributed by atoms with Gasteiger partial charge in [-0.3, -0.25) is 0 Å². The van der Waals surface area contributed by atoms with E-state index in [1.165, 1.54) is 4.88 Å². The molecular weight excluding hydrogens is 272 g/mol. The van der Waals surface area contributed by atoms with Gasteiger partial charge in [0.05, 0.1) is 15.2 Å². The first-order valence-electron chi connectivity index (χ1n) is 5.06. The summed E-state index contributed by atoms with van der Waals surface area (Å²) in [6.45, 7) is 2.05. The van der Waals surface area contributed by atoms with Crippen molar-refractivity contribution in [1.29, 1.82) is 0 Å². The van der Waals surface area contributed by atoms with E-state index in [0.29, 0.717) is 0 Å². The molecule has 0 saturated heterocycles. The van der Waals surface area contributed by atoms with Crippen molar-refractivity contribution in [3.8, 4) is 10.6 Å². The maximum atomic E-state index is 5.98. The van der Waals surface area contributed by atoms with E-state index in [9.17, 15) is 0 Å². The molecule has 0 fully saturated rings. The quantitative estimate of drug-likeness (QED) is 0.709. The summed E-state index contributed by atoms with van der Waals surface area (Å²) < 4.78 is 1.09. The number of nitrogen functional groups attached to an aromatic ring is 1. The van der Waals surface area contributed by atoms with Gasteiger partial charge in [0.1, 0.15) is 5.01 Å². The van der Waals surface area contributed by atoms with E-state index in [-0.39, 0.29) is 0 Å². The van der Waals surface area contributed by atoms with E-state index >= 15 is 0 Å². The average molecular weight is 281 g/mol. The van der Waals surface area contributed by atoms with Crippen molar-refractivity contribution in [2.24, 2.45) is 0 Å². The Bertz CT molecular complexity index is 700. The number of anilines is 1. The topological polar surface area (TPSA) is 38.9 Å². The molecule has 0 amide bonds. The molecule has 0 saturated carbocycles. The smallest absolute Gasteiger partial charge is 0.127 e. The SMILES string of the molecule is Cc1cc(-c2nc3ccc(Cl)cc3s2)c(N)s1. The van der Waals surface area contributed by atoms with Crippen LogP contribution in [0.4, 0.5) is 5.00 Å².